The van der Waals surface area contributed by atoms with Gasteiger partial charge in [0.2, 0.25) is 5.91 Å². The molecular weight excluding hydrogens is 252 g/mol. The number of carbonyl (C=O) groups is 1. The monoisotopic (exact) mass is 270 g/mol. The molecule has 0 spiro atoms. The lowest BCUT2D eigenvalue weighted by atomic mass is 10.1. The van der Waals surface area contributed by atoms with E-state index in [-0.39, 0.29) is 5.91 Å². The van der Waals surface area contributed by atoms with Crippen LogP contribution in [0.5, 0.6) is 0 Å². The number of piperidine rings is 1. The summed E-state index contributed by atoms with van der Waals surface area (Å²) >= 11 is 0. The molecule has 0 atom stereocenters. The molecule has 1 saturated heterocycles. The molecule has 0 unspecified atom stereocenters. The van der Waals surface area contributed by atoms with Crippen LogP contribution in [0, 0.1) is 0 Å². The summed E-state index contributed by atoms with van der Waals surface area (Å²) in [6.07, 6.45) is 10.00. The Morgan fingerprint density at radius 1 is 1.45 bits per heavy atom. The molecule has 5 heteroatoms. The van der Waals surface area contributed by atoms with Gasteiger partial charge in [-0.05, 0) is 25.0 Å². The van der Waals surface area contributed by atoms with Crippen LogP contribution in [0.4, 0.5) is 5.82 Å². The smallest absolute Gasteiger partial charge is 0.245 e. The van der Waals surface area contributed by atoms with Gasteiger partial charge in [0.15, 0.2) is 0 Å². The van der Waals surface area contributed by atoms with Gasteiger partial charge in [-0.2, -0.15) is 0 Å². The summed E-state index contributed by atoms with van der Waals surface area (Å²) in [6.45, 7) is 5.05. The van der Waals surface area contributed by atoms with E-state index in [9.17, 15) is 4.79 Å². The SMILES string of the molecule is C=CC(=O)N1CCC(Nc2cnc3c(n2)C=CC3)CC1. The highest BCUT2D eigenvalue weighted by Gasteiger charge is 2.21. The molecule has 0 bridgehead atoms. The van der Waals surface area contributed by atoms with Crippen LogP contribution in [-0.2, 0) is 11.2 Å². The number of aromatic nitrogens is 2. The van der Waals surface area contributed by atoms with Gasteiger partial charge in [0.1, 0.15) is 5.82 Å². The molecule has 0 radical (unpaired) electrons. The van der Waals surface area contributed by atoms with Crippen molar-refractivity contribution in [2.45, 2.75) is 25.3 Å². The van der Waals surface area contributed by atoms with Crippen LogP contribution in [0.1, 0.15) is 24.2 Å². The van der Waals surface area contributed by atoms with E-state index in [1.54, 1.807) is 6.20 Å². The lowest BCUT2D eigenvalue weighted by Crippen LogP contribution is -2.41. The van der Waals surface area contributed by atoms with Crippen molar-refractivity contribution in [3.8, 4) is 0 Å². The summed E-state index contributed by atoms with van der Waals surface area (Å²) in [5.41, 5.74) is 2.01. The van der Waals surface area contributed by atoms with Crippen LogP contribution < -0.4 is 5.32 Å². The molecule has 0 aromatic carbocycles. The molecule has 3 rings (SSSR count). The maximum absolute atomic E-state index is 11.5. The fourth-order valence-corrected chi connectivity index (χ4v) is 2.65. The first-order valence-electron chi connectivity index (χ1n) is 6.96. The van der Waals surface area contributed by atoms with E-state index in [4.69, 9.17) is 0 Å². The molecule has 5 nitrogen and oxygen atoms in total. The second-order valence-corrected chi connectivity index (χ2v) is 5.14. The Kier molecular flexibility index (Phi) is 3.50. The largest absolute Gasteiger partial charge is 0.366 e. The standard InChI is InChI=1S/C15H18N4O/c1-2-15(20)19-8-6-11(7-9-19)17-14-10-16-12-4-3-5-13(12)18-14/h2-3,5,10-11H,1,4,6-9H2,(H,17,18). The molecule has 1 aromatic rings. The van der Waals surface area contributed by atoms with Crippen LogP contribution >= 0.6 is 0 Å². The third-order valence-electron chi connectivity index (χ3n) is 3.80. The summed E-state index contributed by atoms with van der Waals surface area (Å²) in [5.74, 6) is 0.842. The van der Waals surface area contributed by atoms with Gasteiger partial charge in [0.25, 0.3) is 0 Å². The zero-order chi connectivity index (χ0) is 13.9. The average molecular weight is 270 g/mol. The summed E-state index contributed by atoms with van der Waals surface area (Å²) in [5, 5.41) is 3.42. The van der Waals surface area contributed by atoms with Crippen LogP contribution in [-0.4, -0.2) is 39.9 Å². The van der Waals surface area contributed by atoms with Crippen molar-refractivity contribution in [3.05, 3.63) is 36.3 Å². The number of fused-ring (bicyclic) bond motifs is 1. The van der Waals surface area contributed by atoms with Crippen LogP contribution in [0.25, 0.3) is 6.08 Å². The molecule has 2 aliphatic rings. The van der Waals surface area contributed by atoms with E-state index in [0.717, 1.165) is 49.6 Å². The molecule has 1 aliphatic heterocycles. The summed E-state index contributed by atoms with van der Waals surface area (Å²) in [6, 6.07) is 0.349. The number of rotatable bonds is 3. The number of carbonyl (C=O) groups excluding carboxylic acids is 1. The number of nitrogens with one attached hydrogen (secondary N) is 1. The quantitative estimate of drug-likeness (QED) is 0.848. The predicted molar refractivity (Wildman–Crippen MR) is 78.2 cm³/mol. The van der Waals surface area contributed by atoms with Gasteiger partial charge < -0.3 is 10.2 Å². The molecule has 20 heavy (non-hydrogen) atoms. The lowest BCUT2D eigenvalue weighted by molar-refractivity contribution is -0.126. The third-order valence-corrected chi connectivity index (χ3v) is 3.80. The molecule has 1 amide bonds. The minimum Gasteiger partial charge on any atom is -0.366 e. The van der Waals surface area contributed by atoms with Gasteiger partial charge >= 0.3 is 0 Å². The summed E-state index contributed by atoms with van der Waals surface area (Å²) in [4.78, 5) is 22.3. The predicted octanol–water partition coefficient (Wildman–Crippen LogP) is 1.63. The van der Waals surface area contributed by atoms with E-state index >= 15 is 0 Å². The number of hydrogen-bond donors (Lipinski definition) is 1. The van der Waals surface area contributed by atoms with Gasteiger partial charge in [-0.25, -0.2) is 4.98 Å². The number of amides is 1. The Morgan fingerprint density at radius 3 is 3.00 bits per heavy atom. The first-order chi connectivity index (χ1) is 9.76. The maximum Gasteiger partial charge on any atom is 0.245 e. The van der Waals surface area contributed by atoms with Crippen molar-refractivity contribution in [1.82, 2.24) is 14.9 Å². The number of likely N-dealkylation sites (tertiary alicyclic amines) is 1. The molecule has 0 saturated carbocycles. The Bertz CT molecular complexity index is 559. The molecule has 1 aromatic heterocycles. The average Bonchev–Trinajstić information content (AvgIpc) is 2.95. The highest BCUT2D eigenvalue weighted by Crippen LogP contribution is 2.19. The van der Waals surface area contributed by atoms with Gasteiger partial charge in [0, 0.05) is 25.6 Å². The van der Waals surface area contributed by atoms with Gasteiger partial charge in [-0.15, -0.1) is 0 Å². The fraction of sp³-hybridized carbons (Fsp3) is 0.400. The summed E-state index contributed by atoms with van der Waals surface area (Å²) in [7, 11) is 0. The Labute approximate surface area is 118 Å². The van der Waals surface area contributed by atoms with E-state index < -0.39 is 0 Å². The van der Waals surface area contributed by atoms with Gasteiger partial charge in [0.05, 0.1) is 17.6 Å². The van der Waals surface area contributed by atoms with Crippen molar-refractivity contribution in [2.24, 2.45) is 0 Å². The van der Waals surface area contributed by atoms with Crippen molar-refractivity contribution in [3.63, 3.8) is 0 Å². The topological polar surface area (TPSA) is 58.1 Å². The van der Waals surface area contributed by atoms with E-state index in [1.807, 2.05) is 11.0 Å². The van der Waals surface area contributed by atoms with E-state index in [2.05, 4.69) is 27.9 Å². The number of nitrogens with zero attached hydrogens (tertiary/aromatic N) is 3. The van der Waals surface area contributed by atoms with Gasteiger partial charge in [-0.3, -0.25) is 9.78 Å². The first kappa shape index (κ1) is 12.8. The van der Waals surface area contributed by atoms with Crippen LogP contribution in [0.15, 0.2) is 24.9 Å². The molecule has 2 heterocycles. The minimum atomic E-state index is 0.0194. The Morgan fingerprint density at radius 2 is 2.25 bits per heavy atom. The zero-order valence-corrected chi connectivity index (χ0v) is 11.4. The highest BCUT2D eigenvalue weighted by molar-refractivity contribution is 5.87. The second-order valence-electron chi connectivity index (χ2n) is 5.14. The molecule has 1 aliphatic carbocycles. The van der Waals surface area contributed by atoms with Crippen molar-refractivity contribution in [1.29, 1.82) is 0 Å². The fourth-order valence-electron chi connectivity index (χ4n) is 2.65. The molecule has 104 valence electrons. The van der Waals surface area contributed by atoms with Crippen molar-refractivity contribution in [2.75, 3.05) is 18.4 Å². The molecular formula is C15H18N4O. The normalized spacial score (nSPS) is 17.9. The van der Waals surface area contributed by atoms with Crippen LogP contribution in [0.3, 0.4) is 0 Å². The van der Waals surface area contributed by atoms with E-state index in [0.29, 0.717) is 6.04 Å². The second kappa shape index (κ2) is 5.45. The minimum absolute atomic E-state index is 0.0194. The zero-order valence-electron chi connectivity index (χ0n) is 11.4. The Hall–Kier alpha value is -2.17. The number of allylic oxidation sites excluding steroid dienone is 1. The molecule has 1 fully saturated rings. The Balaban J connectivity index is 1.58. The third kappa shape index (κ3) is 2.57. The lowest BCUT2D eigenvalue weighted by Gasteiger charge is -2.32. The van der Waals surface area contributed by atoms with Crippen LogP contribution in [0.2, 0.25) is 0 Å². The maximum atomic E-state index is 11.5. The first-order valence-corrected chi connectivity index (χ1v) is 6.96. The van der Waals surface area contributed by atoms with E-state index in [1.165, 1.54) is 6.08 Å². The van der Waals surface area contributed by atoms with Gasteiger partial charge in [-0.1, -0.05) is 12.7 Å². The molecule has 1 N–H and O–H groups in total. The highest BCUT2D eigenvalue weighted by atomic mass is 16.2. The number of hydrogen-bond acceptors (Lipinski definition) is 4. The van der Waals surface area contributed by atoms with Crippen molar-refractivity contribution < 1.29 is 4.79 Å². The summed E-state index contributed by atoms with van der Waals surface area (Å²) < 4.78 is 0. The number of anilines is 1. The van der Waals surface area contributed by atoms with Crippen molar-refractivity contribution >= 4 is 17.8 Å².